The third-order valence-electron chi connectivity index (χ3n) is 2.61. The van der Waals surface area contributed by atoms with Gasteiger partial charge in [-0.2, -0.15) is 0 Å². The van der Waals surface area contributed by atoms with Crippen LogP contribution in [0.1, 0.15) is 26.2 Å². The smallest absolute Gasteiger partial charge is 0.377 e. The predicted molar refractivity (Wildman–Crippen MR) is 66.0 cm³/mol. The lowest BCUT2D eigenvalue weighted by molar-refractivity contribution is -0.142. The average Bonchev–Trinajstić information content (AvgIpc) is 2.41. The van der Waals surface area contributed by atoms with E-state index in [0.29, 0.717) is 18.8 Å². The van der Waals surface area contributed by atoms with E-state index in [-0.39, 0.29) is 5.76 Å². The molecule has 1 aliphatic carbocycles. The van der Waals surface area contributed by atoms with Crippen molar-refractivity contribution in [3.63, 3.8) is 0 Å². The highest BCUT2D eigenvalue weighted by molar-refractivity contribution is 5.86. The number of rotatable bonds is 4. The van der Waals surface area contributed by atoms with Crippen molar-refractivity contribution in [3.8, 4) is 0 Å². The van der Waals surface area contributed by atoms with Crippen molar-refractivity contribution in [3.05, 3.63) is 47.8 Å². The van der Waals surface area contributed by atoms with Crippen LogP contribution in [-0.2, 0) is 19.0 Å². The second kappa shape index (κ2) is 6.10. The average molecular weight is 248 g/mol. The van der Waals surface area contributed by atoms with Crippen LogP contribution in [-0.4, -0.2) is 12.6 Å². The summed E-state index contributed by atoms with van der Waals surface area (Å²) in [6, 6.07) is 0. The molecule has 0 saturated carbocycles. The number of hydrogen-bond donors (Lipinski definition) is 0. The molecule has 0 spiro atoms. The maximum Gasteiger partial charge on any atom is 0.377 e. The SMILES string of the molecule is CCOC(=O)C1=COC(CC2=CC=CCC2)=CO1. The standard InChI is InChI=1S/C14H16O4/c1-2-16-14(15)13-10-17-12(9-18-13)8-11-6-4-3-5-7-11/h3-4,6,9-10H,2,5,7-8H2,1H3. The van der Waals surface area contributed by atoms with Gasteiger partial charge in [0.2, 0.25) is 5.76 Å². The number of hydrogen-bond acceptors (Lipinski definition) is 4. The van der Waals surface area contributed by atoms with E-state index in [1.54, 1.807) is 6.92 Å². The zero-order valence-corrected chi connectivity index (χ0v) is 10.3. The molecular formula is C14H16O4. The van der Waals surface area contributed by atoms with Crippen molar-refractivity contribution in [2.45, 2.75) is 26.2 Å². The monoisotopic (exact) mass is 248 g/mol. The Morgan fingerprint density at radius 3 is 2.89 bits per heavy atom. The van der Waals surface area contributed by atoms with Gasteiger partial charge in [0.25, 0.3) is 0 Å². The highest BCUT2D eigenvalue weighted by atomic mass is 16.6. The molecule has 0 aromatic carbocycles. The van der Waals surface area contributed by atoms with Gasteiger partial charge < -0.3 is 14.2 Å². The van der Waals surface area contributed by atoms with Crippen LogP contribution in [0.15, 0.2) is 47.8 Å². The summed E-state index contributed by atoms with van der Waals surface area (Å²) < 4.78 is 15.4. The number of carbonyl (C=O) groups excluding carboxylic acids is 1. The number of allylic oxidation sites excluding steroid dienone is 4. The molecule has 96 valence electrons. The maximum atomic E-state index is 11.3. The molecule has 2 rings (SSSR count). The maximum absolute atomic E-state index is 11.3. The quantitative estimate of drug-likeness (QED) is 0.717. The Labute approximate surface area is 106 Å². The van der Waals surface area contributed by atoms with Gasteiger partial charge >= 0.3 is 5.97 Å². The fraction of sp³-hybridized carbons (Fsp3) is 0.357. The van der Waals surface area contributed by atoms with Crippen molar-refractivity contribution < 1.29 is 19.0 Å². The molecule has 2 aliphatic rings. The van der Waals surface area contributed by atoms with Crippen LogP contribution < -0.4 is 0 Å². The summed E-state index contributed by atoms with van der Waals surface area (Å²) in [4.78, 5) is 11.3. The Bertz CT molecular complexity index is 441. The first-order valence-electron chi connectivity index (χ1n) is 6.04. The second-order valence-corrected chi connectivity index (χ2v) is 3.99. The Morgan fingerprint density at radius 1 is 1.39 bits per heavy atom. The lowest BCUT2D eigenvalue weighted by atomic mass is 10.0. The summed E-state index contributed by atoms with van der Waals surface area (Å²) in [7, 11) is 0. The van der Waals surface area contributed by atoms with Crippen molar-refractivity contribution in [1.29, 1.82) is 0 Å². The van der Waals surface area contributed by atoms with Gasteiger partial charge in [-0.25, -0.2) is 4.79 Å². The minimum atomic E-state index is -0.507. The fourth-order valence-corrected chi connectivity index (χ4v) is 1.72. The minimum Gasteiger partial charge on any atom is -0.462 e. The Kier molecular flexibility index (Phi) is 4.23. The molecule has 0 N–H and O–H groups in total. The highest BCUT2D eigenvalue weighted by Gasteiger charge is 2.17. The van der Waals surface area contributed by atoms with E-state index < -0.39 is 5.97 Å². The van der Waals surface area contributed by atoms with Gasteiger partial charge in [-0.15, -0.1) is 0 Å². The van der Waals surface area contributed by atoms with Gasteiger partial charge in [0, 0.05) is 6.42 Å². The fourth-order valence-electron chi connectivity index (χ4n) is 1.72. The lowest BCUT2D eigenvalue weighted by Crippen LogP contribution is -2.12. The predicted octanol–water partition coefficient (Wildman–Crippen LogP) is 2.95. The van der Waals surface area contributed by atoms with E-state index in [0.717, 1.165) is 12.8 Å². The largest absolute Gasteiger partial charge is 0.462 e. The Hall–Kier alpha value is -1.97. The molecular weight excluding hydrogens is 232 g/mol. The van der Waals surface area contributed by atoms with Crippen LogP contribution in [0.2, 0.25) is 0 Å². The van der Waals surface area contributed by atoms with Crippen LogP contribution in [0, 0.1) is 0 Å². The van der Waals surface area contributed by atoms with E-state index in [4.69, 9.17) is 14.2 Å². The third kappa shape index (κ3) is 3.26. The van der Waals surface area contributed by atoms with E-state index in [2.05, 4.69) is 12.2 Å². The first kappa shape index (κ1) is 12.5. The molecule has 1 aliphatic heterocycles. The van der Waals surface area contributed by atoms with Gasteiger partial charge in [0.05, 0.1) is 6.61 Å². The topological polar surface area (TPSA) is 44.8 Å². The van der Waals surface area contributed by atoms with Crippen molar-refractivity contribution in [2.24, 2.45) is 0 Å². The molecule has 0 radical (unpaired) electrons. The van der Waals surface area contributed by atoms with Gasteiger partial charge in [-0.05, 0) is 19.8 Å². The zero-order valence-electron chi connectivity index (χ0n) is 10.3. The van der Waals surface area contributed by atoms with Crippen LogP contribution in [0.3, 0.4) is 0 Å². The first-order chi connectivity index (χ1) is 8.79. The normalized spacial score (nSPS) is 17.9. The van der Waals surface area contributed by atoms with Crippen LogP contribution in [0.4, 0.5) is 0 Å². The molecule has 4 heteroatoms. The molecule has 0 aromatic heterocycles. The van der Waals surface area contributed by atoms with E-state index in [1.165, 1.54) is 18.1 Å². The van der Waals surface area contributed by atoms with Crippen molar-refractivity contribution >= 4 is 5.97 Å². The second-order valence-electron chi connectivity index (χ2n) is 3.99. The van der Waals surface area contributed by atoms with Gasteiger partial charge in [0.1, 0.15) is 18.3 Å². The molecule has 0 amide bonds. The van der Waals surface area contributed by atoms with Crippen LogP contribution in [0.25, 0.3) is 0 Å². The van der Waals surface area contributed by atoms with Crippen molar-refractivity contribution in [1.82, 2.24) is 0 Å². The molecule has 0 fully saturated rings. The van der Waals surface area contributed by atoms with E-state index in [1.807, 2.05) is 6.08 Å². The molecule has 0 atom stereocenters. The van der Waals surface area contributed by atoms with Gasteiger partial charge in [-0.3, -0.25) is 0 Å². The minimum absolute atomic E-state index is 0.0816. The highest BCUT2D eigenvalue weighted by Crippen LogP contribution is 2.23. The van der Waals surface area contributed by atoms with Gasteiger partial charge in [0.15, 0.2) is 0 Å². The number of ether oxygens (including phenoxy) is 3. The van der Waals surface area contributed by atoms with E-state index >= 15 is 0 Å². The molecule has 0 bridgehead atoms. The Balaban J connectivity index is 1.87. The molecule has 18 heavy (non-hydrogen) atoms. The summed E-state index contributed by atoms with van der Waals surface area (Å²) in [5, 5.41) is 0. The van der Waals surface area contributed by atoms with Gasteiger partial charge in [-0.1, -0.05) is 23.8 Å². The molecule has 0 unspecified atom stereocenters. The Morgan fingerprint density at radius 2 is 2.28 bits per heavy atom. The van der Waals surface area contributed by atoms with Crippen LogP contribution >= 0.6 is 0 Å². The molecule has 0 aromatic rings. The summed E-state index contributed by atoms with van der Waals surface area (Å²) >= 11 is 0. The van der Waals surface area contributed by atoms with E-state index in [9.17, 15) is 4.79 Å². The molecule has 0 saturated heterocycles. The zero-order chi connectivity index (χ0) is 12.8. The van der Waals surface area contributed by atoms with Crippen molar-refractivity contribution in [2.75, 3.05) is 6.61 Å². The third-order valence-corrected chi connectivity index (χ3v) is 2.61. The summed E-state index contributed by atoms with van der Waals surface area (Å²) in [5.41, 5.74) is 1.29. The number of carbonyl (C=O) groups is 1. The number of esters is 1. The lowest BCUT2D eigenvalue weighted by Gasteiger charge is -2.16. The van der Waals surface area contributed by atoms with Crippen LogP contribution in [0.5, 0.6) is 0 Å². The first-order valence-corrected chi connectivity index (χ1v) is 6.04. The summed E-state index contributed by atoms with van der Waals surface area (Å²) in [5.74, 6) is 0.273. The summed E-state index contributed by atoms with van der Waals surface area (Å²) in [6.45, 7) is 2.06. The molecule has 4 nitrogen and oxygen atoms in total. The summed E-state index contributed by atoms with van der Waals surface area (Å²) in [6.07, 6.45) is 11.8. The molecule has 1 heterocycles.